The number of carbonyl (C=O) groups excluding carboxylic acids is 2. The van der Waals surface area contributed by atoms with Crippen LogP contribution in [0.1, 0.15) is 51.0 Å². The van der Waals surface area contributed by atoms with Crippen LogP contribution in [0.25, 0.3) is 0 Å². The molecule has 1 atom stereocenters. The maximum absolute atomic E-state index is 13.8. The van der Waals surface area contributed by atoms with E-state index in [1.165, 1.54) is 23.1 Å². The number of rotatable bonds is 10. The second-order valence-electron chi connectivity index (χ2n) is 9.02. The lowest BCUT2D eigenvalue weighted by Gasteiger charge is -2.34. The van der Waals surface area contributed by atoms with Crippen molar-refractivity contribution in [2.75, 3.05) is 17.1 Å². The van der Waals surface area contributed by atoms with Crippen molar-refractivity contribution in [2.24, 2.45) is 0 Å². The molecule has 9 heteroatoms. The molecular formula is C26H34FN3O4S. The quantitative estimate of drug-likeness (QED) is 0.534. The fourth-order valence-corrected chi connectivity index (χ4v) is 5.33. The number of halogens is 1. The SMILES string of the molecule is CC[C@H](C(=O)NC1CCCCC1)N(Cc1ccccc1)C(=O)CN(c1cccc(F)c1)S(C)(=O)=O. The van der Waals surface area contributed by atoms with Crippen LogP contribution in [-0.2, 0) is 26.2 Å². The predicted octanol–water partition coefficient (Wildman–Crippen LogP) is 3.85. The van der Waals surface area contributed by atoms with E-state index in [9.17, 15) is 22.4 Å². The van der Waals surface area contributed by atoms with E-state index >= 15 is 0 Å². The molecule has 1 N–H and O–H groups in total. The summed E-state index contributed by atoms with van der Waals surface area (Å²) in [4.78, 5) is 28.3. The van der Waals surface area contributed by atoms with Gasteiger partial charge in [-0.2, -0.15) is 0 Å². The van der Waals surface area contributed by atoms with Crippen molar-refractivity contribution in [3.8, 4) is 0 Å². The van der Waals surface area contributed by atoms with Crippen LogP contribution in [0.5, 0.6) is 0 Å². The highest BCUT2D eigenvalue weighted by Gasteiger charge is 2.32. The summed E-state index contributed by atoms with van der Waals surface area (Å²) >= 11 is 0. The van der Waals surface area contributed by atoms with Crippen molar-refractivity contribution < 1.29 is 22.4 Å². The van der Waals surface area contributed by atoms with E-state index in [-0.39, 0.29) is 24.2 Å². The number of sulfonamides is 1. The van der Waals surface area contributed by atoms with E-state index in [4.69, 9.17) is 0 Å². The Labute approximate surface area is 207 Å². The standard InChI is InChI=1S/C26H34FN3O4S/c1-3-24(26(32)28-22-14-8-5-9-15-22)29(18-20-11-6-4-7-12-20)25(31)19-30(35(2,33)34)23-16-10-13-21(27)17-23/h4,6-7,10-13,16-17,22,24H,3,5,8-9,14-15,18-19H2,1-2H3,(H,28,32)/t24-/m1/s1. The van der Waals surface area contributed by atoms with E-state index in [1.54, 1.807) is 0 Å². The van der Waals surface area contributed by atoms with Gasteiger partial charge in [0.1, 0.15) is 18.4 Å². The first-order valence-corrected chi connectivity index (χ1v) is 13.9. The van der Waals surface area contributed by atoms with Crippen LogP contribution in [0, 0.1) is 5.82 Å². The number of carbonyl (C=O) groups is 2. The second-order valence-corrected chi connectivity index (χ2v) is 10.9. The van der Waals surface area contributed by atoms with Crippen LogP contribution in [0.15, 0.2) is 54.6 Å². The molecule has 2 amide bonds. The molecule has 1 aliphatic carbocycles. The summed E-state index contributed by atoms with van der Waals surface area (Å²) in [5.74, 6) is -1.38. The van der Waals surface area contributed by atoms with Gasteiger partial charge in [0.25, 0.3) is 0 Å². The summed E-state index contributed by atoms with van der Waals surface area (Å²) < 4.78 is 39.8. The lowest BCUT2D eigenvalue weighted by atomic mass is 9.95. The van der Waals surface area contributed by atoms with Gasteiger partial charge >= 0.3 is 0 Å². The molecule has 0 aromatic heterocycles. The zero-order chi connectivity index (χ0) is 25.4. The van der Waals surface area contributed by atoms with Crippen LogP contribution >= 0.6 is 0 Å². The van der Waals surface area contributed by atoms with Gasteiger partial charge in [-0.3, -0.25) is 13.9 Å². The van der Waals surface area contributed by atoms with Crippen LogP contribution in [-0.4, -0.2) is 50.0 Å². The summed E-state index contributed by atoms with van der Waals surface area (Å²) in [5, 5.41) is 3.10. The number of hydrogen-bond acceptors (Lipinski definition) is 4. The number of nitrogens with zero attached hydrogens (tertiary/aromatic N) is 2. The molecule has 0 aliphatic heterocycles. The Morgan fingerprint density at radius 3 is 2.34 bits per heavy atom. The highest BCUT2D eigenvalue weighted by atomic mass is 32.2. The first-order valence-electron chi connectivity index (χ1n) is 12.1. The van der Waals surface area contributed by atoms with Crippen LogP contribution < -0.4 is 9.62 Å². The van der Waals surface area contributed by atoms with Gasteiger partial charge in [-0.25, -0.2) is 12.8 Å². The lowest BCUT2D eigenvalue weighted by molar-refractivity contribution is -0.140. The fraction of sp³-hybridized carbons (Fsp3) is 0.462. The Hall–Kier alpha value is -2.94. The van der Waals surface area contributed by atoms with Gasteiger partial charge < -0.3 is 10.2 Å². The molecular weight excluding hydrogens is 469 g/mol. The van der Waals surface area contributed by atoms with E-state index in [1.807, 2.05) is 37.3 Å². The second kappa shape index (κ2) is 12.2. The topological polar surface area (TPSA) is 86.8 Å². The van der Waals surface area contributed by atoms with E-state index in [0.29, 0.717) is 6.42 Å². The highest BCUT2D eigenvalue weighted by Crippen LogP contribution is 2.22. The largest absolute Gasteiger partial charge is 0.352 e. The maximum Gasteiger partial charge on any atom is 0.244 e. The predicted molar refractivity (Wildman–Crippen MR) is 135 cm³/mol. The highest BCUT2D eigenvalue weighted by molar-refractivity contribution is 7.92. The molecule has 190 valence electrons. The Kier molecular flexibility index (Phi) is 9.26. The third-order valence-electron chi connectivity index (χ3n) is 6.31. The zero-order valence-electron chi connectivity index (χ0n) is 20.3. The Bertz CT molecular complexity index is 1100. The molecule has 1 fully saturated rings. The smallest absolute Gasteiger partial charge is 0.244 e. The number of anilines is 1. The van der Waals surface area contributed by atoms with Gasteiger partial charge in [0.05, 0.1) is 11.9 Å². The minimum absolute atomic E-state index is 0.0558. The lowest BCUT2D eigenvalue weighted by Crippen LogP contribution is -2.53. The van der Waals surface area contributed by atoms with Crippen LogP contribution in [0.4, 0.5) is 10.1 Å². The summed E-state index contributed by atoms with van der Waals surface area (Å²) in [5.41, 5.74) is 0.877. The van der Waals surface area contributed by atoms with E-state index in [0.717, 1.165) is 54.3 Å². The maximum atomic E-state index is 13.8. The normalized spacial score (nSPS) is 15.3. The molecule has 7 nitrogen and oxygen atoms in total. The summed E-state index contributed by atoms with van der Waals surface area (Å²) in [6.07, 6.45) is 6.45. The van der Waals surface area contributed by atoms with Crippen molar-refractivity contribution in [3.05, 3.63) is 66.0 Å². The number of amides is 2. The molecule has 0 bridgehead atoms. The average Bonchev–Trinajstić information content (AvgIpc) is 2.82. The Balaban J connectivity index is 1.89. The molecule has 2 aromatic rings. The number of benzene rings is 2. The molecule has 0 spiro atoms. The summed E-state index contributed by atoms with van der Waals surface area (Å²) in [6, 6.07) is 13.7. The van der Waals surface area contributed by atoms with E-state index in [2.05, 4.69) is 5.32 Å². The zero-order valence-corrected chi connectivity index (χ0v) is 21.1. The Morgan fingerprint density at radius 1 is 1.06 bits per heavy atom. The molecule has 0 radical (unpaired) electrons. The van der Waals surface area contributed by atoms with Gasteiger partial charge in [-0.1, -0.05) is 62.6 Å². The van der Waals surface area contributed by atoms with Gasteiger partial charge in [0.2, 0.25) is 21.8 Å². The first kappa shape index (κ1) is 26.7. The van der Waals surface area contributed by atoms with Crippen molar-refractivity contribution in [1.82, 2.24) is 10.2 Å². The third kappa shape index (κ3) is 7.52. The minimum Gasteiger partial charge on any atom is -0.352 e. The monoisotopic (exact) mass is 503 g/mol. The van der Waals surface area contributed by atoms with Crippen molar-refractivity contribution in [3.63, 3.8) is 0 Å². The molecule has 0 heterocycles. The first-order chi connectivity index (χ1) is 16.7. The number of hydrogen-bond donors (Lipinski definition) is 1. The molecule has 3 rings (SSSR count). The number of nitrogens with one attached hydrogen (secondary N) is 1. The van der Waals surface area contributed by atoms with Crippen molar-refractivity contribution in [2.45, 2.75) is 64.1 Å². The molecule has 0 unspecified atom stereocenters. The molecule has 1 saturated carbocycles. The average molecular weight is 504 g/mol. The summed E-state index contributed by atoms with van der Waals surface area (Å²) in [6.45, 7) is 1.44. The summed E-state index contributed by atoms with van der Waals surface area (Å²) in [7, 11) is -3.89. The molecule has 2 aromatic carbocycles. The Morgan fingerprint density at radius 2 is 1.74 bits per heavy atom. The van der Waals surface area contributed by atoms with Gasteiger partial charge in [-0.05, 0) is 43.0 Å². The minimum atomic E-state index is -3.89. The van der Waals surface area contributed by atoms with Gasteiger partial charge in [0.15, 0.2) is 0 Å². The molecule has 1 aliphatic rings. The third-order valence-corrected chi connectivity index (χ3v) is 7.45. The van der Waals surface area contributed by atoms with Crippen molar-refractivity contribution >= 4 is 27.5 Å². The fourth-order valence-electron chi connectivity index (χ4n) is 4.49. The van der Waals surface area contributed by atoms with Crippen LogP contribution in [0.3, 0.4) is 0 Å². The van der Waals surface area contributed by atoms with Crippen LogP contribution in [0.2, 0.25) is 0 Å². The van der Waals surface area contributed by atoms with E-state index < -0.39 is 34.3 Å². The van der Waals surface area contributed by atoms with Gasteiger partial charge in [0, 0.05) is 12.6 Å². The molecule has 0 saturated heterocycles. The van der Waals surface area contributed by atoms with Crippen molar-refractivity contribution in [1.29, 1.82) is 0 Å². The van der Waals surface area contributed by atoms with Gasteiger partial charge in [-0.15, -0.1) is 0 Å². The molecule has 35 heavy (non-hydrogen) atoms.